The first-order valence-corrected chi connectivity index (χ1v) is 33.1. The van der Waals surface area contributed by atoms with E-state index in [9.17, 15) is 43.2 Å². The minimum absolute atomic E-state index is 0.103. The number of ether oxygens (including phenoxy) is 4. The van der Waals surface area contributed by atoms with Gasteiger partial charge in [-0.25, -0.2) is 9.13 Å². The molecule has 450 valence electrons. The SMILES string of the molecule is CCCCCCCCCCCCCC(=O)OC[C@H](COP(=O)(O)OC[C@@H](O)COP(=O)(O)OC[C@@H](COC(=O)CCCCCCCCC)OC(=O)CCCCCCCCC)OC(=O)CCCCCCCCCCC(C)C. The van der Waals surface area contributed by atoms with Crippen molar-refractivity contribution in [3.8, 4) is 0 Å². The monoisotopic (exact) mass is 1130 g/mol. The highest BCUT2D eigenvalue weighted by molar-refractivity contribution is 7.47. The first kappa shape index (κ1) is 74.1. The van der Waals surface area contributed by atoms with Crippen LogP contribution in [0.25, 0.3) is 0 Å². The van der Waals surface area contributed by atoms with Crippen LogP contribution in [0.2, 0.25) is 0 Å². The number of esters is 4. The van der Waals surface area contributed by atoms with Gasteiger partial charge >= 0.3 is 39.5 Å². The van der Waals surface area contributed by atoms with E-state index >= 15 is 0 Å². The van der Waals surface area contributed by atoms with Crippen molar-refractivity contribution >= 4 is 39.5 Å². The molecule has 17 nitrogen and oxygen atoms in total. The van der Waals surface area contributed by atoms with Crippen LogP contribution in [0.15, 0.2) is 0 Å². The number of hydrogen-bond donors (Lipinski definition) is 3. The van der Waals surface area contributed by atoms with Crippen LogP contribution < -0.4 is 0 Å². The molecule has 0 aliphatic heterocycles. The van der Waals surface area contributed by atoms with Gasteiger partial charge in [-0.3, -0.25) is 37.3 Å². The second kappa shape index (κ2) is 51.2. The zero-order chi connectivity index (χ0) is 56.4. The highest BCUT2D eigenvalue weighted by atomic mass is 31.2. The topological polar surface area (TPSA) is 237 Å². The second-order valence-corrected chi connectivity index (χ2v) is 24.1. The average Bonchev–Trinajstić information content (AvgIpc) is 3.38. The van der Waals surface area contributed by atoms with Gasteiger partial charge in [-0.2, -0.15) is 0 Å². The summed E-state index contributed by atoms with van der Waals surface area (Å²) >= 11 is 0. The van der Waals surface area contributed by atoms with Crippen molar-refractivity contribution in [1.82, 2.24) is 0 Å². The Labute approximate surface area is 460 Å². The maximum absolute atomic E-state index is 12.9. The summed E-state index contributed by atoms with van der Waals surface area (Å²) in [5.41, 5.74) is 0. The van der Waals surface area contributed by atoms with Crippen molar-refractivity contribution < 1.29 is 80.2 Å². The number of carbonyl (C=O) groups excluding carboxylic acids is 4. The van der Waals surface area contributed by atoms with Crippen LogP contribution in [0.4, 0.5) is 0 Å². The molecular weight excluding hydrogens is 1020 g/mol. The van der Waals surface area contributed by atoms with Crippen molar-refractivity contribution in [1.29, 1.82) is 0 Å². The predicted molar refractivity (Wildman–Crippen MR) is 298 cm³/mol. The molecule has 3 N–H and O–H groups in total. The maximum Gasteiger partial charge on any atom is 0.472 e. The molecule has 0 saturated carbocycles. The first-order chi connectivity index (χ1) is 36.5. The van der Waals surface area contributed by atoms with E-state index in [-0.39, 0.29) is 25.7 Å². The Morgan fingerprint density at radius 2 is 0.605 bits per heavy atom. The molecule has 0 saturated heterocycles. The summed E-state index contributed by atoms with van der Waals surface area (Å²) in [7, 11) is -9.86. The van der Waals surface area contributed by atoms with Gasteiger partial charge in [0.25, 0.3) is 0 Å². The zero-order valence-corrected chi connectivity index (χ0v) is 50.2. The van der Waals surface area contributed by atoms with Gasteiger partial charge in [-0.1, -0.05) is 227 Å². The lowest BCUT2D eigenvalue weighted by molar-refractivity contribution is -0.161. The molecule has 76 heavy (non-hydrogen) atoms. The van der Waals surface area contributed by atoms with E-state index < -0.39 is 97.5 Å². The summed E-state index contributed by atoms with van der Waals surface area (Å²) in [6, 6.07) is 0. The Hall–Kier alpha value is -1.94. The molecule has 5 atom stereocenters. The van der Waals surface area contributed by atoms with Gasteiger partial charge in [0, 0.05) is 25.7 Å². The largest absolute Gasteiger partial charge is 0.472 e. The number of aliphatic hydroxyl groups is 1. The Kier molecular flexibility index (Phi) is 49.9. The van der Waals surface area contributed by atoms with E-state index in [1.165, 1.54) is 77.0 Å². The highest BCUT2D eigenvalue weighted by Crippen LogP contribution is 2.45. The number of unbranched alkanes of at least 4 members (excludes halogenated alkanes) is 29. The van der Waals surface area contributed by atoms with Crippen LogP contribution in [0, 0.1) is 5.92 Å². The van der Waals surface area contributed by atoms with E-state index in [4.69, 9.17) is 37.0 Å². The van der Waals surface area contributed by atoms with Crippen LogP contribution in [0.3, 0.4) is 0 Å². The molecule has 0 aromatic rings. The molecule has 2 unspecified atom stereocenters. The summed E-state index contributed by atoms with van der Waals surface area (Å²) in [6.45, 7) is 7.01. The quantitative estimate of drug-likeness (QED) is 0.0222. The Morgan fingerprint density at radius 3 is 0.895 bits per heavy atom. The third kappa shape index (κ3) is 51.5. The third-order valence-corrected chi connectivity index (χ3v) is 14.9. The number of carbonyl (C=O) groups is 4. The molecule has 0 rings (SSSR count). The molecule has 0 aliphatic rings. The van der Waals surface area contributed by atoms with Gasteiger partial charge in [-0.05, 0) is 31.6 Å². The van der Waals surface area contributed by atoms with Crippen molar-refractivity contribution in [2.75, 3.05) is 39.6 Å². The molecule has 0 bridgehead atoms. The number of hydrogen-bond acceptors (Lipinski definition) is 15. The summed E-state index contributed by atoms with van der Waals surface area (Å²) < 4.78 is 67.5. The molecule has 0 aromatic carbocycles. The van der Waals surface area contributed by atoms with Gasteiger partial charge < -0.3 is 33.8 Å². The average molecular weight is 1130 g/mol. The van der Waals surface area contributed by atoms with Crippen molar-refractivity contribution in [2.45, 2.75) is 297 Å². The van der Waals surface area contributed by atoms with Crippen LogP contribution in [-0.4, -0.2) is 96.7 Å². The lowest BCUT2D eigenvalue weighted by Crippen LogP contribution is -2.30. The summed E-state index contributed by atoms with van der Waals surface area (Å²) in [6.07, 6.45) is 32.3. The molecule has 0 fully saturated rings. The van der Waals surface area contributed by atoms with Crippen LogP contribution in [-0.2, 0) is 65.4 Å². The lowest BCUT2D eigenvalue weighted by Gasteiger charge is -2.21. The van der Waals surface area contributed by atoms with Gasteiger partial charge in [-0.15, -0.1) is 0 Å². The minimum atomic E-state index is -4.93. The van der Waals surface area contributed by atoms with Crippen molar-refractivity contribution in [2.24, 2.45) is 5.92 Å². The Bertz CT molecular complexity index is 1500. The normalized spacial score (nSPS) is 14.4. The summed E-state index contributed by atoms with van der Waals surface area (Å²) in [4.78, 5) is 71.6. The van der Waals surface area contributed by atoms with Gasteiger partial charge in [0.05, 0.1) is 26.4 Å². The molecule has 19 heteroatoms. The summed E-state index contributed by atoms with van der Waals surface area (Å²) in [5.74, 6) is -1.43. The van der Waals surface area contributed by atoms with E-state index in [1.807, 2.05) is 0 Å². The third-order valence-electron chi connectivity index (χ3n) is 13.0. The highest BCUT2D eigenvalue weighted by Gasteiger charge is 2.30. The molecular formula is C57H110O17P2. The van der Waals surface area contributed by atoms with Gasteiger partial charge in [0.1, 0.15) is 19.3 Å². The number of aliphatic hydroxyl groups excluding tert-OH is 1. The standard InChI is InChI=1S/C57H110O17P2/c1-6-9-12-15-18-19-20-21-27-31-36-41-55(60)68-47-53(74-57(62)43-38-33-28-23-22-26-29-34-39-50(4)5)49-72-76(65,66)70-45-51(58)44-69-75(63,64)71-48-52(73-56(61)42-37-32-25-17-14-11-8-3)46-67-54(59)40-35-30-24-16-13-10-7-2/h50-53,58H,6-49H2,1-5H3,(H,63,64)(H,65,66)/t51-,52+,53+/m0/s1. The van der Waals surface area contributed by atoms with E-state index in [2.05, 4.69) is 34.6 Å². The molecule has 0 spiro atoms. The van der Waals surface area contributed by atoms with Crippen LogP contribution in [0.5, 0.6) is 0 Å². The fourth-order valence-corrected chi connectivity index (χ4v) is 9.92. The molecule has 0 radical (unpaired) electrons. The van der Waals surface area contributed by atoms with Crippen molar-refractivity contribution in [3.63, 3.8) is 0 Å². The maximum atomic E-state index is 12.9. The fourth-order valence-electron chi connectivity index (χ4n) is 8.34. The number of phosphoric ester groups is 2. The second-order valence-electron chi connectivity index (χ2n) is 21.2. The van der Waals surface area contributed by atoms with E-state index in [0.29, 0.717) is 25.7 Å². The van der Waals surface area contributed by atoms with Gasteiger partial charge in [0.15, 0.2) is 12.2 Å². The van der Waals surface area contributed by atoms with E-state index in [1.54, 1.807) is 0 Å². The first-order valence-electron chi connectivity index (χ1n) is 30.1. The smallest absolute Gasteiger partial charge is 0.462 e. The van der Waals surface area contributed by atoms with Crippen LogP contribution >= 0.6 is 15.6 Å². The zero-order valence-electron chi connectivity index (χ0n) is 48.4. The lowest BCUT2D eigenvalue weighted by atomic mass is 10.0. The molecule has 0 aliphatic carbocycles. The molecule has 0 aromatic heterocycles. The van der Waals surface area contributed by atoms with Crippen LogP contribution in [0.1, 0.15) is 279 Å². The minimum Gasteiger partial charge on any atom is -0.462 e. The number of rotatable bonds is 57. The number of phosphoric acid groups is 2. The summed E-state index contributed by atoms with van der Waals surface area (Å²) in [5, 5.41) is 10.5. The Balaban J connectivity index is 5.19. The fraction of sp³-hybridized carbons (Fsp3) is 0.930. The molecule has 0 heterocycles. The molecule has 0 amide bonds. The Morgan fingerprint density at radius 1 is 0.355 bits per heavy atom. The van der Waals surface area contributed by atoms with Gasteiger partial charge in [0.2, 0.25) is 0 Å². The van der Waals surface area contributed by atoms with Crippen molar-refractivity contribution in [3.05, 3.63) is 0 Å². The predicted octanol–water partition coefficient (Wildman–Crippen LogP) is 15.1. The van der Waals surface area contributed by atoms with E-state index in [0.717, 1.165) is 121 Å².